The molecule has 5 fully saturated rings. The molecule has 0 bridgehead atoms. The van der Waals surface area contributed by atoms with E-state index >= 15 is 0 Å². The number of ether oxygens (including phenoxy) is 9. The van der Waals surface area contributed by atoms with Crippen LogP contribution < -0.4 is 5.32 Å². The Balaban J connectivity index is 1.30. The quantitative estimate of drug-likeness (QED) is 0.0770. The summed E-state index contributed by atoms with van der Waals surface area (Å²) in [4.78, 5) is 12.1. The minimum atomic E-state index is -2.10. The third-order valence-corrected chi connectivity index (χ3v) is 10.7. The highest BCUT2D eigenvalue weighted by Gasteiger charge is 2.54. The maximum absolute atomic E-state index is 12.1. The van der Waals surface area contributed by atoms with Crippen LogP contribution in [0.3, 0.4) is 0 Å². The molecule has 344 valence electrons. The Kier molecular flexibility index (Phi) is 17.1. The zero-order valence-corrected chi connectivity index (χ0v) is 31.2. The van der Waals surface area contributed by atoms with Crippen molar-refractivity contribution in [2.24, 2.45) is 0 Å². The van der Waals surface area contributed by atoms with Gasteiger partial charge in [-0.2, -0.15) is 0 Å². The molecule has 5 heterocycles. The van der Waals surface area contributed by atoms with E-state index in [9.17, 15) is 86.5 Å². The zero-order valence-electron chi connectivity index (χ0n) is 31.2. The van der Waals surface area contributed by atoms with Gasteiger partial charge in [-0.25, -0.2) is 0 Å². The molecule has 0 aromatic heterocycles. The van der Waals surface area contributed by atoms with Crippen molar-refractivity contribution < 1.29 is 129 Å². The zero-order chi connectivity index (χ0) is 43.6. The number of amides is 1. The van der Waals surface area contributed by atoms with E-state index in [2.05, 4.69) is 5.32 Å². The fourth-order valence-corrected chi connectivity index (χ4v) is 7.20. The molecule has 59 heavy (non-hydrogen) atoms. The second-order valence-corrected chi connectivity index (χ2v) is 14.8. The molecule has 0 radical (unpaired) electrons. The van der Waals surface area contributed by atoms with Gasteiger partial charge in [0.2, 0.25) is 5.91 Å². The van der Waals surface area contributed by atoms with Crippen LogP contribution in [0.5, 0.6) is 0 Å². The van der Waals surface area contributed by atoms with Gasteiger partial charge in [-0.15, -0.1) is 0 Å². The van der Waals surface area contributed by atoms with E-state index in [0.717, 1.165) is 6.92 Å². The molecule has 0 saturated carbocycles. The van der Waals surface area contributed by atoms with Crippen molar-refractivity contribution in [2.45, 2.75) is 160 Å². The average Bonchev–Trinajstić information content (AvgIpc) is 3.21. The van der Waals surface area contributed by atoms with Gasteiger partial charge in [0.15, 0.2) is 31.5 Å². The van der Waals surface area contributed by atoms with Gasteiger partial charge in [0.05, 0.1) is 33.0 Å². The lowest BCUT2D eigenvalue weighted by Gasteiger charge is -2.48. The third kappa shape index (κ3) is 10.5. The summed E-state index contributed by atoms with van der Waals surface area (Å²) in [5.41, 5.74) is 0. The topological polar surface area (TPSA) is 436 Å². The Morgan fingerprint density at radius 2 is 0.814 bits per heavy atom. The predicted octanol–water partition coefficient (Wildman–Crippen LogP) is -11.8. The highest BCUT2D eigenvalue weighted by Crippen LogP contribution is 2.33. The fraction of sp³-hybridized carbons (Fsp3) is 0.969. The Morgan fingerprint density at radius 1 is 0.441 bits per heavy atom. The van der Waals surface area contributed by atoms with Crippen LogP contribution >= 0.6 is 0 Å². The SMILES string of the molecule is CC(=O)N[C@@H]1[C@@H](O[C@@H]2O[C@H](CO[C@H]3O[C@H](CO)[C@H](O)[C@H](O)[C@H]3O[C@@H]3O[C@H](CO)[C@@H](O)[C@H](O)[C@H]3O)[C@@H](O)[C@H](O)[C@H]2O)[C@@H](O)[C@@H](CO[C@@H]2O[C@H](CO)[C@@H](O)[C@H](O)[C@H]2O)O[C@H]1O. The number of hydrogen-bond donors (Lipinski definition) is 17. The summed E-state index contributed by atoms with van der Waals surface area (Å²) in [7, 11) is 0. The molecular formula is C32H55NO26. The molecule has 5 saturated heterocycles. The number of aliphatic hydroxyl groups is 16. The first-order chi connectivity index (χ1) is 27.8. The van der Waals surface area contributed by atoms with Crippen molar-refractivity contribution >= 4 is 5.91 Å². The van der Waals surface area contributed by atoms with Gasteiger partial charge in [0.1, 0.15) is 122 Å². The molecular weight excluding hydrogens is 814 g/mol. The molecule has 0 aliphatic carbocycles. The number of aliphatic hydroxyl groups excluding tert-OH is 16. The summed E-state index contributed by atoms with van der Waals surface area (Å²) in [6, 6.07) is -1.61. The van der Waals surface area contributed by atoms with E-state index in [1.165, 1.54) is 0 Å². The monoisotopic (exact) mass is 869 g/mol. The van der Waals surface area contributed by atoms with E-state index in [4.69, 9.17) is 42.6 Å². The molecule has 5 aliphatic rings. The lowest BCUT2D eigenvalue weighted by atomic mass is 9.95. The Hall–Kier alpha value is -1.53. The van der Waals surface area contributed by atoms with Crippen LogP contribution in [0, 0.1) is 0 Å². The number of carbonyl (C=O) groups excluding carboxylic acids is 1. The predicted molar refractivity (Wildman–Crippen MR) is 178 cm³/mol. The van der Waals surface area contributed by atoms with Gasteiger partial charge < -0.3 is 130 Å². The summed E-state index contributed by atoms with van der Waals surface area (Å²) in [6.45, 7) is -3.03. The molecule has 0 spiro atoms. The van der Waals surface area contributed by atoms with E-state index in [1.807, 2.05) is 0 Å². The number of hydrogen-bond acceptors (Lipinski definition) is 26. The number of carbonyl (C=O) groups is 1. The van der Waals surface area contributed by atoms with E-state index in [0.29, 0.717) is 0 Å². The first-order valence-corrected chi connectivity index (χ1v) is 18.6. The van der Waals surface area contributed by atoms with Gasteiger partial charge in [-0.05, 0) is 0 Å². The first kappa shape index (κ1) is 48.5. The van der Waals surface area contributed by atoms with Gasteiger partial charge in [-0.3, -0.25) is 4.79 Å². The second kappa shape index (κ2) is 20.8. The number of rotatable bonds is 14. The largest absolute Gasteiger partial charge is 0.394 e. The summed E-state index contributed by atoms with van der Waals surface area (Å²) in [5, 5.41) is 169. The second-order valence-electron chi connectivity index (χ2n) is 14.8. The van der Waals surface area contributed by atoms with Crippen LogP contribution in [0.1, 0.15) is 6.92 Å². The molecule has 1 amide bonds. The van der Waals surface area contributed by atoms with Crippen LogP contribution in [-0.2, 0) is 47.4 Å². The van der Waals surface area contributed by atoms with Crippen LogP contribution in [0.15, 0.2) is 0 Å². The molecule has 27 heteroatoms. The molecule has 0 unspecified atom stereocenters. The van der Waals surface area contributed by atoms with Gasteiger partial charge in [-0.1, -0.05) is 0 Å². The third-order valence-electron chi connectivity index (χ3n) is 10.7. The molecule has 0 aromatic rings. The van der Waals surface area contributed by atoms with E-state index in [-0.39, 0.29) is 0 Å². The Morgan fingerprint density at radius 3 is 1.31 bits per heavy atom. The molecule has 5 aliphatic heterocycles. The highest BCUT2D eigenvalue weighted by atomic mass is 16.8. The molecule has 0 aromatic carbocycles. The lowest BCUT2D eigenvalue weighted by molar-refractivity contribution is -0.376. The van der Waals surface area contributed by atoms with Crippen molar-refractivity contribution in [1.82, 2.24) is 5.32 Å². The number of nitrogens with one attached hydrogen (secondary N) is 1. The van der Waals surface area contributed by atoms with Crippen molar-refractivity contribution in [1.29, 1.82) is 0 Å². The van der Waals surface area contributed by atoms with Crippen LogP contribution in [0.4, 0.5) is 0 Å². The highest BCUT2D eigenvalue weighted by molar-refractivity contribution is 5.73. The summed E-state index contributed by atoms with van der Waals surface area (Å²) >= 11 is 0. The molecule has 5 rings (SSSR count). The van der Waals surface area contributed by atoms with Crippen LogP contribution in [-0.4, -0.2) is 274 Å². The lowest BCUT2D eigenvalue weighted by Crippen LogP contribution is -2.68. The first-order valence-electron chi connectivity index (χ1n) is 18.6. The molecule has 17 N–H and O–H groups in total. The fourth-order valence-electron chi connectivity index (χ4n) is 7.20. The van der Waals surface area contributed by atoms with Crippen molar-refractivity contribution in [3.05, 3.63) is 0 Å². The minimum Gasteiger partial charge on any atom is -0.394 e. The minimum absolute atomic E-state index is 0.734. The van der Waals surface area contributed by atoms with Gasteiger partial charge in [0, 0.05) is 6.92 Å². The smallest absolute Gasteiger partial charge is 0.217 e. The standard InChI is InChI=1S/C32H55NO26/c1-7(37)33-13-26(18(42)12(53-28(13)50)6-51-29-23(47)19(43)14(38)8(2-34)54-29)58-31-25(49)21(45)17(41)11(57-31)5-52-32-27(22(46)16(40)10(4-36)56-32)59-30-24(48)20(44)15(39)9(3-35)55-30/h8-32,34-36,38-50H,2-6H2,1H3,(H,33,37)/t8-,9-,10-,11-,12-,13-,14-,15-,16+,17-,18+,19+,20+,21+,22+,23-,24-,25-,26-,27-,28-,29-,30+,31+,32+/m1/s1. The molecule has 25 atom stereocenters. The van der Waals surface area contributed by atoms with Crippen LogP contribution in [0.25, 0.3) is 0 Å². The van der Waals surface area contributed by atoms with Crippen molar-refractivity contribution in [3.63, 3.8) is 0 Å². The summed E-state index contributed by atoms with van der Waals surface area (Å²) < 4.78 is 49.8. The normalized spacial score (nSPS) is 51.0. The molecule has 27 nitrogen and oxygen atoms in total. The Labute approximate surface area is 333 Å². The Bertz CT molecular complexity index is 1320. The van der Waals surface area contributed by atoms with Crippen molar-refractivity contribution in [2.75, 3.05) is 33.0 Å². The maximum atomic E-state index is 12.1. The van der Waals surface area contributed by atoms with Gasteiger partial charge >= 0.3 is 0 Å². The maximum Gasteiger partial charge on any atom is 0.217 e. The van der Waals surface area contributed by atoms with Crippen molar-refractivity contribution in [3.8, 4) is 0 Å². The van der Waals surface area contributed by atoms with Gasteiger partial charge in [0.25, 0.3) is 0 Å². The van der Waals surface area contributed by atoms with E-state index in [1.54, 1.807) is 0 Å². The van der Waals surface area contributed by atoms with Crippen LogP contribution in [0.2, 0.25) is 0 Å². The summed E-state index contributed by atoms with van der Waals surface area (Å²) in [5.74, 6) is -0.761. The average molecular weight is 870 g/mol. The summed E-state index contributed by atoms with van der Waals surface area (Å²) in [6.07, 6.45) is -43.6. The van der Waals surface area contributed by atoms with E-state index < -0.39 is 192 Å².